The van der Waals surface area contributed by atoms with Crippen molar-refractivity contribution in [3.63, 3.8) is 0 Å². The van der Waals surface area contributed by atoms with Crippen molar-refractivity contribution >= 4 is 0 Å². The predicted octanol–water partition coefficient (Wildman–Crippen LogP) is -0.665. The van der Waals surface area contributed by atoms with Gasteiger partial charge in [-0.25, -0.2) is 0 Å². The summed E-state index contributed by atoms with van der Waals surface area (Å²) in [6, 6.07) is 0.627. The minimum absolute atomic E-state index is 0.0908. The fraction of sp³-hybridized carbons (Fsp3) is 1.00. The van der Waals surface area contributed by atoms with Crippen LogP contribution >= 0.6 is 0 Å². The SMILES string of the molecule is COCC(CO)NC1CCNCC1. The Hall–Kier alpha value is -0.160. The molecule has 0 aromatic rings. The van der Waals surface area contributed by atoms with E-state index in [0.717, 1.165) is 25.9 Å². The Bertz CT molecular complexity index is 124. The zero-order chi connectivity index (χ0) is 9.52. The first-order chi connectivity index (χ1) is 6.36. The molecule has 0 spiro atoms. The number of hydrogen-bond donors (Lipinski definition) is 3. The molecule has 1 saturated heterocycles. The second kappa shape index (κ2) is 6.32. The molecule has 1 aliphatic heterocycles. The van der Waals surface area contributed by atoms with Crippen molar-refractivity contribution in [1.29, 1.82) is 0 Å². The van der Waals surface area contributed by atoms with Crippen LogP contribution < -0.4 is 10.6 Å². The summed E-state index contributed by atoms with van der Waals surface area (Å²) < 4.78 is 5.00. The van der Waals surface area contributed by atoms with E-state index in [9.17, 15) is 0 Å². The minimum Gasteiger partial charge on any atom is -0.395 e. The summed E-state index contributed by atoms with van der Waals surface area (Å²) in [5.74, 6) is 0. The van der Waals surface area contributed by atoms with Gasteiger partial charge in [-0.2, -0.15) is 0 Å². The highest BCUT2D eigenvalue weighted by molar-refractivity contribution is 4.78. The third-order valence-corrected chi connectivity index (χ3v) is 2.40. The van der Waals surface area contributed by atoms with E-state index in [1.54, 1.807) is 7.11 Å². The highest BCUT2D eigenvalue weighted by Crippen LogP contribution is 2.03. The monoisotopic (exact) mass is 188 g/mol. The van der Waals surface area contributed by atoms with Crippen LogP contribution in [0.4, 0.5) is 0 Å². The number of hydrogen-bond acceptors (Lipinski definition) is 4. The molecule has 0 aromatic carbocycles. The summed E-state index contributed by atoms with van der Waals surface area (Å²) in [5.41, 5.74) is 0. The van der Waals surface area contributed by atoms with Crippen LogP contribution in [0.5, 0.6) is 0 Å². The molecular formula is C9H20N2O2. The molecule has 1 unspecified atom stereocenters. The fourth-order valence-electron chi connectivity index (χ4n) is 1.68. The Morgan fingerprint density at radius 2 is 2.23 bits per heavy atom. The van der Waals surface area contributed by atoms with Gasteiger partial charge in [-0.05, 0) is 25.9 Å². The van der Waals surface area contributed by atoms with Crippen LogP contribution in [0.2, 0.25) is 0 Å². The first-order valence-electron chi connectivity index (χ1n) is 4.93. The van der Waals surface area contributed by atoms with Crippen LogP contribution in [0.15, 0.2) is 0 Å². The first kappa shape index (κ1) is 10.9. The Morgan fingerprint density at radius 3 is 2.77 bits per heavy atom. The van der Waals surface area contributed by atoms with Gasteiger partial charge in [0.25, 0.3) is 0 Å². The topological polar surface area (TPSA) is 53.5 Å². The maximum Gasteiger partial charge on any atom is 0.0638 e. The third kappa shape index (κ3) is 4.04. The molecule has 0 saturated carbocycles. The van der Waals surface area contributed by atoms with Crippen molar-refractivity contribution < 1.29 is 9.84 Å². The number of methoxy groups -OCH3 is 1. The van der Waals surface area contributed by atoms with Crippen molar-refractivity contribution in [3.05, 3.63) is 0 Å². The van der Waals surface area contributed by atoms with Crippen molar-refractivity contribution in [2.75, 3.05) is 33.4 Å². The smallest absolute Gasteiger partial charge is 0.0638 e. The van der Waals surface area contributed by atoms with Crippen LogP contribution in [-0.2, 0) is 4.74 Å². The molecule has 0 aliphatic carbocycles. The van der Waals surface area contributed by atoms with Crippen LogP contribution in [0.1, 0.15) is 12.8 Å². The maximum atomic E-state index is 9.03. The van der Waals surface area contributed by atoms with Gasteiger partial charge in [0.05, 0.1) is 19.3 Å². The number of ether oxygens (including phenoxy) is 1. The van der Waals surface area contributed by atoms with Gasteiger partial charge in [0.1, 0.15) is 0 Å². The highest BCUT2D eigenvalue weighted by Gasteiger charge is 2.16. The minimum atomic E-state index is 0.0908. The fourth-order valence-corrected chi connectivity index (χ4v) is 1.68. The van der Waals surface area contributed by atoms with E-state index in [0.29, 0.717) is 12.6 Å². The van der Waals surface area contributed by atoms with E-state index in [4.69, 9.17) is 9.84 Å². The molecule has 0 aromatic heterocycles. The number of rotatable bonds is 5. The molecular weight excluding hydrogens is 168 g/mol. The molecule has 0 bridgehead atoms. The average Bonchev–Trinajstić information content (AvgIpc) is 2.19. The van der Waals surface area contributed by atoms with E-state index in [1.165, 1.54) is 0 Å². The van der Waals surface area contributed by atoms with Crippen LogP contribution in [0.25, 0.3) is 0 Å². The summed E-state index contributed by atoms with van der Waals surface area (Å²) in [6.45, 7) is 2.88. The Labute approximate surface area is 79.7 Å². The molecule has 0 amide bonds. The quantitative estimate of drug-likeness (QED) is 0.536. The lowest BCUT2D eigenvalue weighted by atomic mass is 10.1. The summed E-state index contributed by atoms with van der Waals surface area (Å²) in [6.07, 6.45) is 2.28. The molecule has 1 aliphatic rings. The van der Waals surface area contributed by atoms with Gasteiger partial charge in [0, 0.05) is 13.2 Å². The number of aliphatic hydroxyl groups is 1. The zero-order valence-corrected chi connectivity index (χ0v) is 8.25. The summed E-state index contributed by atoms with van der Waals surface area (Å²) >= 11 is 0. The lowest BCUT2D eigenvalue weighted by Gasteiger charge is -2.27. The lowest BCUT2D eigenvalue weighted by molar-refractivity contribution is 0.119. The Balaban J connectivity index is 2.18. The van der Waals surface area contributed by atoms with Gasteiger partial charge in [-0.1, -0.05) is 0 Å². The standard InChI is InChI=1S/C9H20N2O2/c1-13-7-9(6-12)11-8-2-4-10-5-3-8/h8-12H,2-7H2,1H3. The van der Waals surface area contributed by atoms with Crippen LogP contribution in [0, 0.1) is 0 Å². The van der Waals surface area contributed by atoms with E-state index in [-0.39, 0.29) is 12.6 Å². The van der Waals surface area contributed by atoms with Gasteiger partial charge in [-0.3, -0.25) is 0 Å². The molecule has 13 heavy (non-hydrogen) atoms. The second-order valence-electron chi connectivity index (χ2n) is 3.53. The van der Waals surface area contributed by atoms with E-state index in [1.807, 2.05) is 0 Å². The third-order valence-electron chi connectivity index (χ3n) is 2.40. The lowest BCUT2D eigenvalue weighted by Crippen LogP contribution is -2.47. The normalized spacial score (nSPS) is 21.7. The largest absolute Gasteiger partial charge is 0.395 e. The highest BCUT2D eigenvalue weighted by atomic mass is 16.5. The summed E-state index contributed by atoms with van der Waals surface area (Å²) in [7, 11) is 1.66. The molecule has 4 nitrogen and oxygen atoms in total. The molecule has 3 N–H and O–H groups in total. The van der Waals surface area contributed by atoms with Crippen molar-refractivity contribution in [1.82, 2.24) is 10.6 Å². The van der Waals surface area contributed by atoms with E-state index >= 15 is 0 Å². The van der Waals surface area contributed by atoms with Crippen LogP contribution in [-0.4, -0.2) is 50.6 Å². The van der Waals surface area contributed by atoms with E-state index < -0.39 is 0 Å². The summed E-state index contributed by atoms with van der Waals surface area (Å²) in [5, 5.41) is 15.7. The molecule has 1 rings (SSSR count). The van der Waals surface area contributed by atoms with Crippen molar-refractivity contribution in [3.8, 4) is 0 Å². The second-order valence-corrected chi connectivity index (χ2v) is 3.53. The van der Waals surface area contributed by atoms with Crippen molar-refractivity contribution in [2.24, 2.45) is 0 Å². The zero-order valence-electron chi connectivity index (χ0n) is 8.25. The molecule has 78 valence electrons. The van der Waals surface area contributed by atoms with Crippen LogP contribution in [0.3, 0.4) is 0 Å². The number of piperidine rings is 1. The van der Waals surface area contributed by atoms with Gasteiger partial charge >= 0.3 is 0 Å². The number of aliphatic hydroxyl groups excluding tert-OH is 1. The molecule has 0 radical (unpaired) electrons. The van der Waals surface area contributed by atoms with E-state index in [2.05, 4.69) is 10.6 Å². The van der Waals surface area contributed by atoms with Crippen molar-refractivity contribution in [2.45, 2.75) is 24.9 Å². The first-order valence-corrected chi connectivity index (χ1v) is 4.93. The van der Waals surface area contributed by atoms with Gasteiger partial charge in [0.15, 0.2) is 0 Å². The molecule has 1 fully saturated rings. The van der Waals surface area contributed by atoms with Gasteiger partial charge < -0.3 is 20.5 Å². The average molecular weight is 188 g/mol. The van der Waals surface area contributed by atoms with Gasteiger partial charge in [0.2, 0.25) is 0 Å². The maximum absolute atomic E-state index is 9.03. The summed E-state index contributed by atoms with van der Waals surface area (Å²) in [4.78, 5) is 0. The molecule has 1 heterocycles. The Morgan fingerprint density at radius 1 is 1.54 bits per heavy atom. The number of nitrogens with one attached hydrogen (secondary N) is 2. The molecule has 1 atom stereocenters. The van der Waals surface area contributed by atoms with Gasteiger partial charge in [-0.15, -0.1) is 0 Å². The predicted molar refractivity (Wildman–Crippen MR) is 51.8 cm³/mol. The Kier molecular flexibility index (Phi) is 5.31. The molecule has 4 heteroatoms.